The summed E-state index contributed by atoms with van der Waals surface area (Å²) in [6.45, 7) is 0. The lowest BCUT2D eigenvalue weighted by atomic mass is 10.2. The van der Waals surface area contributed by atoms with Crippen LogP contribution in [0.15, 0.2) is 23.3 Å². The number of hydrogen-bond donors (Lipinski definition) is 1. The largest absolute Gasteiger partial charge is 0.306 e. The quantitative estimate of drug-likeness (QED) is 0.659. The van der Waals surface area contributed by atoms with Gasteiger partial charge in [-0.2, -0.15) is 0 Å². The summed E-state index contributed by atoms with van der Waals surface area (Å²) in [5.41, 5.74) is 0.948. The molecule has 0 saturated heterocycles. The van der Waals surface area contributed by atoms with Gasteiger partial charge in [0.15, 0.2) is 0 Å². The Labute approximate surface area is 69.5 Å². The Morgan fingerprint density at radius 2 is 2.42 bits per heavy atom. The van der Waals surface area contributed by atoms with E-state index in [0.717, 1.165) is 12.4 Å². The highest BCUT2D eigenvalue weighted by Gasteiger charge is 1.99. The molecular weight excluding hydrogens is 157 g/mol. The molecule has 0 aliphatic carbocycles. The minimum absolute atomic E-state index is 0.390. The number of aliphatic imine (C=N–C) groups is 1. The van der Waals surface area contributed by atoms with Crippen molar-refractivity contribution in [3.05, 3.63) is 29.8 Å². The van der Waals surface area contributed by atoms with Crippen LogP contribution in [0.3, 0.4) is 0 Å². The molecule has 1 heterocycles. The number of aromatic nitrogens is 1. The van der Waals surface area contributed by atoms with E-state index < -0.39 is 0 Å². The molecule has 0 saturated carbocycles. The average Bonchev–Trinajstić information content (AvgIpc) is 2.10. The van der Waals surface area contributed by atoms with Gasteiger partial charge < -0.3 is 5.41 Å². The van der Waals surface area contributed by atoms with Crippen LogP contribution in [0, 0.1) is 11.2 Å². The number of pyridine rings is 1. The van der Waals surface area contributed by atoms with Gasteiger partial charge in [-0.25, -0.2) is 4.39 Å². The molecule has 0 spiro atoms. The molecule has 0 aromatic carbocycles. The summed E-state index contributed by atoms with van der Waals surface area (Å²) in [6, 6.07) is 2.78. The first-order valence-electron chi connectivity index (χ1n) is 3.37. The van der Waals surface area contributed by atoms with E-state index in [-0.39, 0.29) is 5.82 Å². The van der Waals surface area contributed by atoms with Crippen LogP contribution in [0.2, 0.25) is 0 Å². The molecule has 0 radical (unpaired) electrons. The smallest absolute Gasteiger partial charge is 0.141 e. The maximum atomic E-state index is 12.4. The van der Waals surface area contributed by atoms with Crippen LogP contribution in [-0.4, -0.2) is 24.0 Å². The van der Waals surface area contributed by atoms with Crippen molar-refractivity contribution in [1.82, 2.24) is 4.98 Å². The maximum absolute atomic E-state index is 12.4. The Balaban J connectivity index is 3.04. The Kier molecular flexibility index (Phi) is 2.63. The van der Waals surface area contributed by atoms with Crippen molar-refractivity contribution in [2.45, 2.75) is 0 Å². The molecule has 0 unspecified atom stereocenters. The third-order valence-corrected chi connectivity index (χ3v) is 1.37. The molecule has 62 valence electrons. The van der Waals surface area contributed by atoms with E-state index in [0.29, 0.717) is 11.4 Å². The van der Waals surface area contributed by atoms with Gasteiger partial charge in [0.1, 0.15) is 11.5 Å². The van der Waals surface area contributed by atoms with E-state index in [1.165, 1.54) is 12.1 Å². The van der Waals surface area contributed by atoms with Gasteiger partial charge in [0.05, 0.1) is 11.9 Å². The highest BCUT2D eigenvalue weighted by molar-refractivity contribution is 6.36. The van der Waals surface area contributed by atoms with Crippen molar-refractivity contribution in [3.8, 4) is 0 Å². The minimum atomic E-state index is -0.390. The van der Waals surface area contributed by atoms with Crippen LogP contribution in [-0.2, 0) is 0 Å². The van der Waals surface area contributed by atoms with E-state index >= 15 is 0 Å². The molecule has 0 amide bonds. The van der Waals surface area contributed by atoms with E-state index in [2.05, 4.69) is 9.98 Å². The maximum Gasteiger partial charge on any atom is 0.141 e. The molecule has 3 nitrogen and oxygen atoms in total. The molecule has 1 rings (SSSR count). The molecular formula is C8H8FN3. The summed E-state index contributed by atoms with van der Waals surface area (Å²) >= 11 is 0. The lowest BCUT2D eigenvalue weighted by Gasteiger charge is -1.96. The van der Waals surface area contributed by atoms with Gasteiger partial charge in [0.25, 0.3) is 0 Å². The van der Waals surface area contributed by atoms with Gasteiger partial charge >= 0.3 is 0 Å². The van der Waals surface area contributed by atoms with Crippen LogP contribution in [0.5, 0.6) is 0 Å². The lowest BCUT2D eigenvalue weighted by molar-refractivity contribution is 0.621. The van der Waals surface area contributed by atoms with Gasteiger partial charge in [-0.1, -0.05) is 0 Å². The first-order chi connectivity index (χ1) is 5.77. The molecule has 1 aromatic heterocycles. The first kappa shape index (κ1) is 8.52. The Morgan fingerprint density at radius 1 is 1.67 bits per heavy atom. The Hall–Kier alpha value is -1.58. The van der Waals surface area contributed by atoms with Crippen LogP contribution in [0.25, 0.3) is 0 Å². The molecule has 0 fully saturated rings. The fourth-order valence-corrected chi connectivity index (χ4v) is 0.780. The molecule has 1 N–H and O–H groups in total. The topological polar surface area (TPSA) is 49.1 Å². The van der Waals surface area contributed by atoms with Gasteiger partial charge in [-0.05, 0) is 12.1 Å². The normalized spacial score (nSPS) is 11.3. The van der Waals surface area contributed by atoms with Gasteiger partial charge in [0.2, 0.25) is 0 Å². The summed E-state index contributed by atoms with van der Waals surface area (Å²) in [5.74, 6) is -0.390. The van der Waals surface area contributed by atoms with E-state index in [1.807, 2.05) is 0 Å². The molecule has 0 aliphatic heterocycles. The van der Waals surface area contributed by atoms with Crippen molar-refractivity contribution in [1.29, 1.82) is 5.41 Å². The van der Waals surface area contributed by atoms with Crippen LogP contribution in [0.4, 0.5) is 4.39 Å². The SMILES string of the molecule is CN=C(C=N)c1ccc(F)cn1. The fourth-order valence-electron chi connectivity index (χ4n) is 0.780. The molecule has 0 bridgehead atoms. The van der Waals surface area contributed by atoms with Gasteiger partial charge in [-0.15, -0.1) is 0 Å². The second-order valence-corrected chi connectivity index (χ2v) is 2.11. The highest BCUT2D eigenvalue weighted by Crippen LogP contribution is 1.98. The molecule has 4 heteroatoms. The highest BCUT2D eigenvalue weighted by atomic mass is 19.1. The number of nitrogens with zero attached hydrogens (tertiary/aromatic N) is 2. The van der Waals surface area contributed by atoms with Crippen molar-refractivity contribution >= 4 is 11.9 Å². The summed E-state index contributed by atoms with van der Waals surface area (Å²) in [4.78, 5) is 7.56. The average molecular weight is 165 g/mol. The summed E-state index contributed by atoms with van der Waals surface area (Å²) in [5, 5.41) is 6.96. The van der Waals surface area contributed by atoms with Crippen molar-refractivity contribution in [3.63, 3.8) is 0 Å². The van der Waals surface area contributed by atoms with Crippen molar-refractivity contribution in [2.24, 2.45) is 4.99 Å². The zero-order valence-corrected chi connectivity index (χ0v) is 6.58. The van der Waals surface area contributed by atoms with Crippen molar-refractivity contribution < 1.29 is 4.39 Å². The summed E-state index contributed by atoms with van der Waals surface area (Å²) < 4.78 is 12.4. The summed E-state index contributed by atoms with van der Waals surface area (Å²) in [6.07, 6.45) is 2.18. The summed E-state index contributed by atoms with van der Waals surface area (Å²) in [7, 11) is 1.56. The Bertz CT molecular complexity index is 303. The van der Waals surface area contributed by atoms with Crippen LogP contribution < -0.4 is 0 Å². The standard InChI is InChI=1S/C8H8FN3/c1-11-8(4-10)7-3-2-6(9)5-12-7/h2-5,10H,1H3. The monoisotopic (exact) mass is 165 g/mol. The van der Waals surface area contributed by atoms with E-state index in [1.54, 1.807) is 7.05 Å². The molecule has 1 aromatic rings. The van der Waals surface area contributed by atoms with Gasteiger partial charge in [-0.3, -0.25) is 9.98 Å². The zero-order valence-electron chi connectivity index (χ0n) is 6.58. The van der Waals surface area contributed by atoms with Crippen molar-refractivity contribution in [2.75, 3.05) is 7.05 Å². The van der Waals surface area contributed by atoms with Gasteiger partial charge in [0, 0.05) is 13.3 Å². The predicted molar refractivity (Wildman–Crippen MR) is 45.4 cm³/mol. The van der Waals surface area contributed by atoms with E-state index in [9.17, 15) is 4.39 Å². The second-order valence-electron chi connectivity index (χ2n) is 2.11. The predicted octanol–water partition coefficient (Wildman–Crippen LogP) is 1.29. The third kappa shape index (κ3) is 1.72. The number of halogens is 1. The zero-order chi connectivity index (χ0) is 8.97. The number of nitrogens with one attached hydrogen (secondary N) is 1. The number of rotatable bonds is 2. The minimum Gasteiger partial charge on any atom is -0.306 e. The molecule has 0 aliphatic rings. The first-order valence-corrected chi connectivity index (χ1v) is 3.37. The number of hydrogen-bond acceptors (Lipinski definition) is 3. The fraction of sp³-hybridized carbons (Fsp3) is 0.125. The second kappa shape index (κ2) is 3.71. The molecule has 12 heavy (non-hydrogen) atoms. The van der Waals surface area contributed by atoms with Crippen LogP contribution in [0.1, 0.15) is 5.69 Å². The van der Waals surface area contributed by atoms with Crippen LogP contribution >= 0.6 is 0 Å². The lowest BCUT2D eigenvalue weighted by Crippen LogP contribution is -2.04. The van der Waals surface area contributed by atoms with E-state index in [4.69, 9.17) is 5.41 Å². The third-order valence-electron chi connectivity index (χ3n) is 1.37. The molecule has 0 atom stereocenters. The Morgan fingerprint density at radius 3 is 2.83 bits per heavy atom.